The normalized spacial score (nSPS) is 14.3. The number of urea groups is 1. The zero-order valence-corrected chi connectivity index (χ0v) is 20.9. The number of amides is 2. The molecule has 39 heavy (non-hydrogen) atoms. The second kappa shape index (κ2) is 11.3. The molecule has 1 N–H and O–H groups in total. The van der Waals surface area contributed by atoms with Crippen LogP contribution in [0.15, 0.2) is 30.5 Å². The van der Waals surface area contributed by atoms with E-state index in [2.05, 4.69) is 25.3 Å². The zero-order chi connectivity index (χ0) is 28.3. The summed E-state index contributed by atoms with van der Waals surface area (Å²) in [5.41, 5.74) is 0.458. The first-order chi connectivity index (χ1) is 18.4. The van der Waals surface area contributed by atoms with Gasteiger partial charge in [0.25, 0.3) is 0 Å². The molecular formula is C25H23F5N6O3. The third-order valence-electron chi connectivity index (χ3n) is 6.11. The first kappa shape index (κ1) is 27.8. The number of ketones is 1. The highest BCUT2D eigenvalue weighted by Crippen LogP contribution is 2.31. The Labute approximate surface area is 219 Å². The van der Waals surface area contributed by atoms with Crippen LogP contribution in [0.5, 0.6) is 5.88 Å². The molecule has 3 aromatic rings. The van der Waals surface area contributed by atoms with Crippen LogP contribution in [0.3, 0.4) is 0 Å². The van der Waals surface area contributed by atoms with E-state index in [-0.39, 0.29) is 24.6 Å². The van der Waals surface area contributed by atoms with E-state index in [0.29, 0.717) is 30.1 Å². The van der Waals surface area contributed by atoms with Crippen molar-refractivity contribution >= 4 is 17.5 Å². The summed E-state index contributed by atoms with van der Waals surface area (Å²) in [6.07, 6.45) is -3.10. The Balaban J connectivity index is 1.45. The van der Waals surface area contributed by atoms with Gasteiger partial charge >= 0.3 is 12.2 Å². The van der Waals surface area contributed by atoms with Gasteiger partial charge in [-0.1, -0.05) is 6.07 Å². The van der Waals surface area contributed by atoms with Crippen LogP contribution in [-0.2, 0) is 6.18 Å². The number of aryl methyl sites for hydroxylation is 2. The molecule has 0 atom stereocenters. The zero-order valence-electron chi connectivity index (χ0n) is 20.9. The molecule has 206 valence electrons. The number of halogens is 5. The van der Waals surface area contributed by atoms with E-state index in [1.165, 1.54) is 11.0 Å². The molecule has 0 spiro atoms. The van der Waals surface area contributed by atoms with E-state index in [9.17, 15) is 31.5 Å². The van der Waals surface area contributed by atoms with Crippen LogP contribution in [0.25, 0.3) is 0 Å². The topological polar surface area (TPSA) is 110 Å². The number of likely N-dealkylation sites (tertiary alicyclic amines) is 1. The molecule has 1 aliphatic heterocycles. The second-order valence-electron chi connectivity index (χ2n) is 8.83. The molecule has 4 rings (SSSR count). The van der Waals surface area contributed by atoms with Crippen molar-refractivity contribution in [3.63, 3.8) is 0 Å². The number of nitrogens with one attached hydrogen (secondary N) is 1. The smallest absolute Gasteiger partial charge is 0.451 e. The lowest BCUT2D eigenvalue weighted by atomic mass is 9.88. The maximum absolute atomic E-state index is 13.9. The summed E-state index contributed by atoms with van der Waals surface area (Å²) in [4.78, 5) is 42.3. The number of benzene rings is 1. The summed E-state index contributed by atoms with van der Waals surface area (Å²) >= 11 is 0. The molecule has 1 fully saturated rings. The van der Waals surface area contributed by atoms with Gasteiger partial charge in [0.05, 0.1) is 17.0 Å². The van der Waals surface area contributed by atoms with Crippen molar-refractivity contribution in [3.8, 4) is 5.88 Å². The van der Waals surface area contributed by atoms with Crippen molar-refractivity contribution in [2.24, 2.45) is 0 Å². The van der Waals surface area contributed by atoms with Crippen molar-refractivity contribution in [2.75, 3.05) is 25.0 Å². The minimum atomic E-state index is -4.77. The van der Waals surface area contributed by atoms with Gasteiger partial charge in [-0.15, -0.1) is 0 Å². The summed E-state index contributed by atoms with van der Waals surface area (Å²) in [6.45, 7) is 3.11. The van der Waals surface area contributed by atoms with E-state index < -0.39 is 53.6 Å². The van der Waals surface area contributed by atoms with Crippen LogP contribution in [-0.4, -0.2) is 56.3 Å². The van der Waals surface area contributed by atoms with Crippen molar-refractivity contribution in [3.05, 3.63) is 70.7 Å². The van der Waals surface area contributed by atoms with Gasteiger partial charge in [-0.25, -0.2) is 28.5 Å². The predicted octanol–water partition coefficient (Wildman–Crippen LogP) is 4.85. The summed E-state index contributed by atoms with van der Waals surface area (Å²) in [5.74, 6) is -3.99. The summed E-state index contributed by atoms with van der Waals surface area (Å²) in [7, 11) is 0. The molecule has 14 heteroatoms. The fourth-order valence-electron chi connectivity index (χ4n) is 4.31. The molecule has 2 aromatic heterocycles. The fraction of sp³-hybridized carbons (Fsp3) is 0.360. The number of para-hydroxylation sites is 1. The van der Waals surface area contributed by atoms with Gasteiger partial charge in [-0.2, -0.15) is 18.2 Å². The lowest BCUT2D eigenvalue weighted by Crippen LogP contribution is -2.41. The summed E-state index contributed by atoms with van der Waals surface area (Å²) in [6, 6.07) is 3.70. The summed E-state index contributed by atoms with van der Waals surface area (Å²) in [5, 5.41) is 2.26. The van der Waals surface area contributed by atoms with E-state index in [4.69, 9.17) is 4.74 Å². The molecule has 0 saturated carbocycles. The number of rotatable bonds is 6. The molecule has 0 aliphatic carbocycles. The molecule has 0 radical (unpaired) electrons. The van der Waals surface area contributed by atoms with E-state index in [1.54, 1.807) is 13.8 Å². The number of Topliss-reactive ketones (excluding diaryl/α,β-unsaturated/α-hetero) is 1. The largest absolute Gasteiger partial charge is 0.469 e. The SMILES string of the molecule is Cc1nc(C)c(C(=O)COc2ccnc(C(F)(F)F)n2)c(C2CCN(C(=O)Nc3c(F)cccc3F)CC2)n1. The third kappa shape index (κ3) is 6.44. The van der Waals surface area contributed by atoms with Crippen LogP contribution in [0.4, 0.5) is 32.4 Å². The maximum atomic E-state index is 13.9. The van der Waals surface area contributed by atoms with Crippen LogP contribution >= 0.6 is 0 Å². The van der Waals surface area contributed by atoms with Gasteiger partial charge in [-0.05, 0) is 38.8 Å². The molecule has 1 aromatic carbocycles. The standard InChI is InChI=1S/C25H23F5N6O3/c1-13-20(18(37)12-39-19-6-9-31-23(34-19)25(28,29)30)21(33-14(2)32-13)15-7-10-36(11-8-15)24(38)35-22-16(26)4-3-5-17(22)27/h3-6,9,15H,7-8,10-12H2,1-2H3,(H,35,38). The molecule has 0 unspecified atom stereocenters. The van der Waals surface area contributed by atoms with Crippen molar-refractivity contribution in [1.82, 2.24) is 24.8 Å². The molecule has 0 bridgehead atoms. The molecule has 1 saturated heterocycles. The monoisotopic (exact) mass is 550 g/mol. The number of alkyl halides is 3. The Morgan fingerprint density at radius 1 is 1.05 bits per heavy atom. The van der Waals surface area contributed by atoms with Crippen molar-refractivity contribution < 1.29 is 36.3 Å². The number of piperidine rings is 1. The van der Waals surface area contributed by atoms with Gasteiger partial charge in [0.2, 0.25) is 17.5 Å². The molecule has 2 amide bonds. The Bertz CT molecular complexity index is 1370. The fourth-order valence-corrected chi connectivity index (χ4v) is 4.31. The van der Waals surface area contributed by atoms with E-state index in [1.807, 2.05) is 0 Å². The number of carbonyl (C=O) groups excluding carboxylic acids is 2. The highest BCUT2D eigenvalue weighted by atomic mass is 19.4. The average Bonchev–Trinajstić information content (AvgIpc) is 2.88. The maximum Gasteiger partial charge on any atom is 0.451 e. The van der Waals surface area contributed by atoms with Crippen molar-refractivity contribution in [2.45, 2.75) is 38.8 Å². The first-order valence-corrected chi connectivity index (χ1v) is 11.9. The highest BCUT2D eigenvalue weighted by molar-refractivity contribution is 5.99. The van der Waals surface area contributed by atoms with Crippen LogP contribution in [0.1, 0.15) is 52.2 Å². The van der Waals surface area contributed by atoms with Crippen LogP contribution in [0.2, 0.25) is 0 Å². The van der Waals surface area contributed by atoms with E-state index in [0.717, 1.165) is 24.4 Å². The second-order valence-corrected chi connectivity index (χ2v) is 8.83. The summed E-state index contributed by atoms with van der Waals surface area (Å²) < 4.78 is 71.7. The molecule has 3 heterocycles. The highest BCUT2D eigenvalue weighted by Gasteiger charge is 2.35. The molecule has 1 aliphatic rings. The lowest BCUT2D eigenvalue weighted by molar-refractivity contribution is -0.145. The number of hydrogen-bond acceptors (Lipinski definition) is 7. The van der Waals surface area contributed by atoms with Gasteiger partial charge in [0, 0.05) is 31.3 Å². The number of hydrogen-bond donors (Lipinski definition) is 1. The molecular weight excluding hydrogens is 527 g/mol. The van der Waals surface area contributed by atoms with Gasteiger partial charge in [0.15, 0.2) is 6.61 Å². The predicted molar refractivity (Wildman–Crippen MR) is 127 cm³/mol. The lowest BCUT2D eigenvalue weighted by Gasteiger charge is -2.32. The first-order valence-electron chi connectivity index (χ1n) is 11.9. The number of anilines is 1. The van der Waals surface area contributed by atoms with Gasteiger partial charge in [0.1, 0.15) is 23.1 Å². The number of nitrogens with zero attached hydrogens (tertiary/aromatic N) is 5. The van der Waals surface area contributed by atoms with Crippen LogP contribution < -0.4 is 10.1 Å². The van der Waals surface area contributed by atoms with E-state index >= 15 is 0 Å². The quantitative estimate of drug-likeness (QED) is 0.345. The van der Waals surface area contributed by atoms with Gasteiger partial charge in [-0.3, -0.25) is 4.79 Å². The Kier molecular flexibility index (Phi) is 8.02. The third-order valence-corrected chi connectivity index (χ3v) is 6.11. The van der Waals surface area contributed by atoms with Gasteiger partial charge < -0.3 is 15.0 Å². The average molecular weight is 550 g/mol. The Morgan fingerprint density at radius 3 is 2.36 bits per heavy atom. The minimum absolute atomic E-state index is 0.182. The number of ether oxygens (including phenoxy) is 1. The number of carbonyl (C=O) groups is 2. The Hall–Kier alpha value is -4.23. The molecule has 9 nitrogen and oxygen atoms in total. The van der Waals surface area contributed by atoms with Crippen molar-refractivity contribution in [1.29, 1.82) is 0 Å². The number of aromatic nitrogens is 4. The Morgan fingerprint density at radius 2 is 1.72 bits per heavy atom. The minimum Gasteiger partial charge on any atom is -0.469 e. The van der Waals surface area contributed by atoms with Crippen LogP contribution in [0, 0.1) is 25.5 Å².